The Morgan fingerprint density at radius 3 is 2.83 bits per heavy atom. The molecule has 0 heteroatoms. The van der Waals surface area contributed by atoms with Crippen molar-refractivity contribution < 1.29 is 0 Å². The van der Waals surface area contributed by atoms with E-state index in [2.05, 4.69) is 44.0 Å². The van der Waals surface area contributed by atoms with E-state index in [1.54, 1.807) is 0 Å². The number of terminal acetylenes is 1. The molecule has 12 heavy (non-hydrogen) atoms. The van der Waals surface area contributed by atoms with Crippen molar-refractivity contribution in [3.05, 3.63) is 35.4 Å². The predicted octanol–water partition coefficient (Wildman–Crippen LogP) is 2.81. The lowest BCUT2D eigenvalue weighted by Crippen LogP contribution is -1.95. The minimum Gasteiger partial charge on any atom is -0.120 e. The summed E-state index contributed by atoms with van der Waals surface area (Å²) in [6.07, 6.45) is 6.29. The molecule has 0 aromatic heterocycles. The van der Waals surface area contributed by atoms with Gasteiger partial charge in [-0.3, -0.25) is 0 Å². The molecular formula is C12H14. The lowest BCUT2D eigenvalue weighted by molar-refractivity contribution is 0.751. The van der Waals surface area contributed by atoms with Crippen LogP contribution < -0.4 is 0 Å². The van der Waals surface area contributed by atoms with Crippen LogP contribution in [0.5, 0.6) is 0 Å². The summed E-state index contributed by atoms with van der Waals surface area (Å²) in [6.45, 7) is 4.17. The van der Waals surface area contributed by atoms with Crippen molar-refractivity contribution in [1.82, 2.24) is 0 Å². The molecule has 0 amide bonds. The molecule has 1 aromatic carbocycles. The van der Waals surface area contributed by atoms with Gasteiger partial charge in [-0.2, -0.15) is 0 Å². The van der Waals surface area contributed by atoms with Gasteiger partial charge in [0.2, 0.25) is 0 Å². The van der Waals surface area contributed by atoms with Crippen LogP contribution in [0.3, 0.4) is 0 Å². The Bertz CT molecular complexity index is 291. The first-order chi connectivity index (χ1) is 5.72. The molecule has 0 aliphatic heterocycles. The van der Waals surface area contributed by atoms with E-state index in [-0.39, 0.29) is 0 Å². The standard InChI is InChI=1S/C12H14/c1-4-10(2)8-12-7-5-6-11(3)9-12/h1,5-7,9-10H,8H2,2-3H3. The summed E-state index contributed by atoms with van der Waals surface area (Å²) in [5.74, 6) is 3.07. The summed E-state index contributed by atoms with van der Waals surface area (Å²) < 4.78 is 0. The number of hydrogen-bond donors (Lipinski definition) is 0. The van der Waals surface area contributed by atoms with Crippen LogP contribution in [0.4, 0.5) is 0 Å². The highest BCUT2D eigenvalue weighted by Gasteiger charge is 1.98. The number of hydrogen-bond acceptors (Lipinski definition) is 0. The zero-order valence-electron chi connectivity index (χ0n) is 7.67. The van der Waals surface area contributed by atoms with Crippen LogP contribution in [0.25, 0.3) is 0 Å². The molecule has 0 radical (unpaired) electrons. The molecule has 62 valence electrons. The molecule has 0 saturated carbocycles. The third-order valence-corrected chi connectivity index (χ3v) is 1.91. The monoisotopic (exact) mass is 158 g/mol. The minimum atomic E-state index is 0.340. The van der Waals surface area contributed by atoms with Gasteiger partial charge in [0.15, 0.2) is 0 Å². The smallest absolute Gasteiger partial charge is 0.0212 e. The van der Waals surface area contributed by atoms with E-state index in [1.807, 2.05) is 0 Å². The second kappa shape index (κ2) is 3.97. The van der Waals surface area contributed by atoms with Crippen molar-refractivity contribution in [3.63, 3.8) is 0 Å². The molecule has 0 heterocycles. The van der Waals surface area contributed by atoms with Crippen molar-refractivity contribution in [3.8, 4) is 12.3 Å². The third-order valence-electron chi connectivity index (χ3n) is 1.91. The lowest BCUT2D eigenvalue weighted by Gasteiger charge is -2.04. The van der Waals surface area contributed by atoms with Gasteiger partial charge in [-0.1, -0.05) is 36.8 Å². The molecule has 0 aliphatic carbocycles. The maximum absolute atomic E-state index is 5.31. The highest BCUT2D eigenvalue weighted by molar-refractivity contribution is 5.23. The molecule has 0 spiro atoms. The summed E-state index contributed by atoms with van der Waals surface area (Å²) in [5, 5.41) is 0. The molecule has 1 rings (SSSR count). The number of benzene rings is 1. The average Bonchev–Trinajstić information content (AvgIpc) is 2.04. The zero-order chi connectivity index (χ0) is 8.97. The topological polar surface area (TPSA) is 0 Å². The molecular weight excluding hydrogens is 144 g/mol. The summed E-state index contributed by atoms with van der Waals surface area (Å²) in [6, 6.07) is 8.49. The van der Waals surface area contributed by atoms with Crippen molar-refractivity contribution >= 4 is 0 Å². The van der Waals surface area contributed by atoms with E-state index in [9.17, 15) is 0 Å². The molecule has 1 aromatic rings. The van der Waals surface area contributed by atoms with Crippen LogP contribution in [0, 0.1) is 25.2 Å². The minimum absolute atomic E-state index is 0.340. The first-order valence-electron chi connectivity index (χ1n) is 4.24. The largest absolute Gasteiger partial charge is 0.120 e. The first-order valence-corrected chi connectivity index (χ1v) is 4.24. The van der Waals surface area contributed by atoms with Crippen molar-refractivity contribution in [2.75, 3.05) is 0 Å². The van der Waals surface area contributed by atoms with E-state index in [4.69, 9.17) is 6.42 Å². The van der Waals surface area contributed by atoms with Gasteiger partial charge in [0, 0.05) is 5.92 Å². The summed E-state index contributed by atoms with van der Waals surface area (Å²) in [5.41, 5.74) is 2.64. The molecule has 1 atom stereocenters. The van der Waals surface area contributed by atoms with E-state index in [1.165, 1.54) is 11.1 Å². The van der Waals surface area contributed by atoms with Crippen LogP contribution in [-0.4, -0.2) is 0 Å². The summed E-state index contributed by atoms with van der Waals surface area (Å²) >= 11 is 0. The fourth-order valence-electron chi connectivity index (χ4n) is 1.25. The fraction of sp³-hybridized carbons (Fsp3) is 0.333. The maximum atomic E-state index is 5.31. The third kappa shape index (κ3) is 2.43. The van der Waals surface area contributed by atoms with E-state index >= 15 is 0 Å². The van der Waals surface area contributed by atoms with Gasteiger partial charge in [0.1, 0.15) is 0 Å². The second-order valence-electron chi connectivity index (χ2n) is 3.26. The average molecular weight is 158 g/mol. The van der Waals surface area contributed by atoms with E-state index in [0.717, 1.165) is 6.42 Å². The Balaban J connectivity index is 2.71. The van der Waals surface area contributed by atoms with Crippen LogP contribution in [-0.2, 0) is 6.42 Å². The zero-order valence-corrected chi connectivity index (χ0v) is 7.67. The number of aryl methyl sites for hydroxylation is 1. The molecule has 0 aliphatic rings. The van der Waals surface area contributed by atoms with Gasteiger partial charge in [-0.05, 0) is 18.9 Å². The Morgan fingerprint density at radius 1 is 1.50 bits per heavy atom. The van der Waals surface area contributed by atoms with Gasteiger partial charge in [-0.25, -0.2) is 0 Å². The number of rotatable bonds is 2. The van der Waals surface area contributed by atoms with Crippen LogP contribution >= 0.6 is 0 Å². The Hall–Kier alpha value is -1.22. The quantitative estimate of drug-likeness (QED) is 0.580. The van der Waals surface area contributed by atoms with Crippen LogP contribution in [0.2, 0.25) is 0 Å². The van der Waals surface area contributed by atoms with Crippen molar-refractivity contribution in [1.29, 1.82) is 0 Å². The van der Waals surface area contributed by atoms with E-state index < -0.39 is 0 Å². The maximum Gasteiger partial charge on any atom is 0.0212 e. The van der Waals surface area contributed by atoms with Crippen LogP contribution in [0.1, 0.15) is 18.1 Å². The normalized spacial score (nSPS) is 12.1. The highest BCUT2D eigenvalue weighted by Crippen LogP contribution is 2.09. The van der Waals surface area contributed by atoms with Gasteiger partial charge in [0.05, 0.1) is 0 Å². The molecule has 0 nitrogen and oxygen atoms in total. The Labute approximate surface area is 74.6 Å². The van der Waals surface area contributed by atoms with Gasteiger partial charge >= 0.3 is 0 Å². The molecule has 0 N–H and O–H groups in total. The second-order valence-corrected chi connectivity index (χ2v) is 3.26. The Kier molecular flexibility index (Phi) is 2.94. The summed E-state index contributed by atoms with van der Waals surface area (Å²) in [7, 11) is 0. The van der Waals surface area contributed by atoms with Crippen molar-refractivity contribution in [2.24, 2.45) is 5.92 Å². The molecule has 0 fully saturated rings. The summed E-state index contributed by atoms with van der Waals surface area (Å²) in [4.78, 5) is 0. The molecule has 0 saturated heterocycles. The van der Waals surface area contributed by atoms with Crippen molar-refractivity contribution in [2.45, 2.75) is 20.3 Å². The van der Waals surface area contributed by atoms with Gasteiger partial charge < -0.3 is 0 Å². The van der Waals surface area contributed by atoms with Crippen LogP contribution in [0.15, 0.2) is 24.3 Å². The predicted molar refractivity (Wildman–Crippen MR) is 52.9 cm³/mol. The van der Waals surface area contributed by atoms with Gasteiger partial charge in [-0.15, -0.1) is 12.3 Å². The fourth-order valence-corrected chi connectivity index (χ4v) is 1.25. The van der Waals surface area contributed by atoms with E-state index in [0.29, 0.717) is 5.92 Å². The highest BCUT2D eigenvalue weighted by atomic mass is 14.0. The Morgan fingerprint density at radius 2 is 2.25 bits per heavy atom. The van der Waals surface area contributed by atoms with Gasteiger partial charge in [0.25, 0.3) is 0 Å². The lowest BCUT2D eigenvalue weighted by atomic mass is 10.0. The first kappa shape index (κ1) is 8.87. The molecule has 1 unspecified atom stereocenters. The SMILES string of the molecule is C#CC(C)Cc1cccc(C)c1. The molecule has 0 bridgehead atoms.